The van der Waals surface area contributed by atoms with Crippen molar-refractivity contribution in [3.05, 3.63) is 89.2 Å². The summed E-state index contributed by atoms with van der Waals surface area (Å²) in [6, 6.07) is 22.3. The maximum absolute atomic E-state index is 13.0. The van der Waals surface area contributed by atoms with Crippen molar-refractivity contribution in [1.82, 2.24) is 24.6 Å². The van der Waals surface area contributed by atoms with E-state index >= 15 is 0 Å². The predicted octanol–water partition coefficient (Wildman–Crippen LogP) is 7.85. The van der Waals surface area contributed by atoms with E-state index in [9.17, 15) is 10.1 Å². The number of fused-ring (bicyclic) bond motifs is 2. The highest BCUT2D eigenvalue weighted by Gasteiger charge is 2.34. The fourth-order valence-corrected chi connectivity index (χ4v) is 7.01. The maximum Gasteiger partial charge on any atom is 0.410 e. The van der Waals surface area contributed by atoms with Gasteiger partial charge in [0.1, 0.15) is 34.0 Å². The normalized spacial score (nSPS) is 17.2. The molecule has 5 aromatic rings. The maximum atomic E-state index is 13.0. The number of carbonyl (C=O) groups is 1. The molecule has 0 bridgehead atoms. The quantitative estimate of drug-likeness (QED) is 0.174. The zero-order chi connectivity index (χ0) is 34.3. The smallest absolute Gasteiger partial charge is 0.410 e. The Morgan fingerprint density at radius 2 is 1.84 bits per heavy atom. The van der Waals surface area contributed by atoms with Gasteiger partial charge in [0.15, 0.2) is 0 Å². The van der Waals surface area contributed by atoms with Crippen LogP contribution in [0.25, 0.3) is 33.5 Å². The fraction of sp³-hybridized carbons (Fsp3) is 0.359. The summed E-state index contributed by atoms with van der Waals surface area (Å²) in [5, 5.41) is 14.9. The van der Waals surface area contributed by atoms with E-state index in [2.05, 4.69) is 12.1 Å². The van der Waals surface area contributed by atoms with E-state index in [1.807, 2.05) is 86.2 Å². The highest BCUT2D eigenvalue weighted by atomic mass is 16.6. The van der Waals surface area contributed by atoms with Gasteiger partial charge in [-0.15, -0.1) is 0 Å². The Kier molecular flexibility index (Phi) is 8.45. The summed E-state index contributed by atoms with van der Waals surface area (Å²) in [7, 11) is 3.31. The Balaban J connectivity index is 1.32. The van der Waals surface area contributed by atoms with Crippen LogP contribution in [0.2, 0.25) is 0 Å². The number of nitriles is 1. The Morgan fingerprint density at radius 1 is 1.02 bits per heavy atom. The van der Waals surface area contributed by atoms with Gasteiger partial charge in [0.25, 0.3) is 0 Å². The molecule has 250 valence electrons. The number of benzene rings is 2. The second-order valence-electron chi connectivity index (χ2n) is 13.7. The third-order valence-electron chi connectivity index (χ3n) is 9.37. The van der Waals surface area contributed by atoms with Crippen molar-refractivity contribution in [2.45, 2.75) is 70.6 Å². The van der Waals surface area contributed by atoms with E-state index in [0.717, 1.165) is 81.7 Å². The number of amides is 1. The van der Waals surface area contributed by atoms with Crippen LogP contribution < -0.4 is 9.47 Å². The Hall–Kier alpha value is -5.43. The summed E-state index contributed by atoms with van der Waals surface area (Å²) in [6.45, 7) is 6.78. The van der Waals surface area contributed by atoms with Crippen LogP contribution in [-0.4, -0.2) is 57.1 Å². The molecule has 1 aliphatic heterocycles. The van der Waals surface area contributed by atoms with Crippen molar-refractivity contribution in [3.8, 4) is 40.1 Å². The van der Waals surface area contributed by atoms with Gasteiger partial charge in [0.2, 0.25) is 0 Å². The minimum Gasteiger partial charge on any atom is -0.497 e. The highest BCUT2D eigenvalue weighted by molar-refractivity contribution is 5.93. The van der Waals surface area contributed by atoms with Crippen LogP contribution in [0, 0.1) is 11.3 Å². The highest BCUT2D eigenvalue weighted by Crippen LogP contribution is 2.43. The fourth-order valence-electron chi connectivity index (χ4n) is 7.01. The van der Waals surface area contributed by atoms with Crippen LogP contribution in [0.15, 0.2) is 66.9 Å². The molecule has 0 N–H and O–H groups in total. The van der Waals surface area contributed by atoms with Crippen molar-refractivity contribution in [1.29, 1.82) is 5.26 Å². The zero-order valence-electron chi connectivity index (χ0n) is 28.6. The third kappa shape index (κ3) is 6.17. The minimum atomic E-state index is -0.570. The average molecular weight is 657 g/mol. The van der Waals surface area contributed by atoms with E-state index in [0.29, 0.717) is 24.5 Å². The Morgan fingerprint density at radius 3 is 2.53 bits per heavy atom. The summed E-state index contributed by atoms with van der Waals surface area (Å²) in [4.78, 5) is 24.9. The van der Waals surface area contributed by atoms with Crippen LogP contribution in [0.1, 0.15) is 74.4 Å². The summed E-state index contributed by atoms with van der Waals surface area (Å²) in [5.74, 6) is 1.30. The molecule has 1 saturated heterocycles. The summed E-state index contributed by atoms with van der Waals surface area (Å²) >= 11 is 0. The summed E-state index contributed by atoms with van der Waals surface area (Å²) in [6.07, 6.45) is 4.82. The van der Waals surface area contributed by atoms with Crippen molar-refractivity contribution in [3.63, 3.8) is 0 Å². The molecule has 1 fully saturated rings. The first kappa shape index (κ1) is 32.1. The lowest BCUT2D eigenvalue weighted by molar-refractivity contribution is 0.0221. The van der Waals surface area contributed by atoms with Gasteiger partial charge in [-0.05, 0) is 87.4 Å². The van der Waals surface area contributed by atoms with Crippen LogP contribution in [0.5, 0.6) is 11.5 Å². The van der Waals surface area contributed by atoms with Crippen molar-refractivity contribution < 1.29 is 19.0 Å². The lowest BCUT2D eigenvalue weighted by Gasteiger charge is -2.28. The number of ether oxygens (including phenoxy) is 3. The molecule has 1 amide bonds. The lowest BCUT2D eigenvalue weighted by atomic mass is 9.97. The first-order chi connectivity index (χ1) is 23.7. The Bertz CT molecular complexity index is 2060. The van der Waals surface area contributed by atoms with Gasteiger partial charge < -0.3 is 14.2 Å². The lowest BCUT2D eigenvalue weighted by Crippen LogP contribution is -2.36. The molecule has 3 aromatic heterocycles. The van der Waals surface area contributed by atoms with E-state index in [1.165, 1.54) is 0 Å². The molecule has 10 heteroatoms. The second-order valence-corrected chi connectivity index (χ2v) is 13.7. The molecule has 4 heterocycles. The van der Waals surface area contributed by atoms with Crippen LogP contribution in [0.3, 0.4) is 0 Å². The van der Waals surface area contributed by atoms with E-state index in [1.54, 1.807) is 19.1 Å². The van der Waals surface area contributed by atoms with Crippen LogP contribution in [0.4, 0.5) is 4.79 Å². The molecular weight excluding hydrogens is 616 g/mol. The molecule has 7 rings (SSSR count). The zero-order valence-corrected chi connectivity index (χ0v) is 28.6. The van der Waals surface area contributed by atoms with Gasteiger partial charge >= 0.3 is 6.09 Å². The third-order valence-corrected chi connectivity index (χ3v) is 9.37. The minimum absolute atomic E-state index is 0.122. The number of likely N-dealkylation sites (tertiary alicyclic amines) is 1. The molecule has 2 atom stereocenters. The number of nitrogens with zero attached hydrogens (tertiary/aromatic N) is 6. The van der Waals surface area contributed by atoms with E-state index in [4.69, 9.17) is 29.3 Å². The van der Waals surface area contributed by atoms with Crippen LogP contribution in [-0.2, 0) is 17.7 Å². The molecule has 1 aliphatic carbocycles. The number of rotatable bonds is 7. The SMILES string of the molecule is COc1ccc(Cn2nc(-c3ccc(C4CCCN4C(=O)OC(C)(C)C)nc3)c3nc(-c4cccc5c4CCC5C#N)c(OC)cc32)cc1. The van der Waals surface area contributed by atoms with Gasteiger partial charge in [0.05, 0.1) is 50.0 Å². The number of methoxy groups -OCH3 is 2. The van der Waals surface area contributed by atoms with Gasteiger partial charge in [-0.25, -0.2) is 9.78 Å². The van der Waals surface area contributed by atoms with Gasteiger partial charge in [-0.3, -0.25) is 14.6 Å². The summed E-state index contributed by atoms with van der Waals surface area (Å²) < 4.78 is 19.0. The summed E-state index contributed by atoms with van der Waals surface area (Å²) in [5.41, 5.74) is 8.26. The molecule has 49 heavy (non-hydrogen) atoms. The van der Waals surface area contributed by atoms with E-state index in [-0.39, 0.29) is 18.1 Å². The molecule has 2 unspecified atom stereocenters. The first-order valence-electron chi connectivity index (χ1n) is 16.7. The molecule has 0 spiro atoms. The van der Waals surface area contributed by atoms with Gasteiger partial charge in [0, 0.05) is 29.9 Å². The number of hydrogen-bond acceptors (Lipinski definition) is 8. The molecule has 2 aliphatic rings. The molecular formula is C39H40N6O4. The molecule has 0 radical (unpaired) electrons. The van der Waals surface area contributed by atoms with Gasteiger partial charge in [-0.2, -0.15) is 10.4 Å². The van der Waals surface area contributed by atoms with Crippen molar-refractivity contribution >= 4 is 17.1 Å². The number of hydrogen-bond donors (Lipinski definition) is 0. The van der Waals surface area contributed by atoms with Crippen molar-refractivity contribution in [2.24, 2.45) is 0 Å². The van der Waals surface area contributed by atoms with E-state index < -0.39 is 5.60 Å². The topological polar surface area (TPSA) is 115 Å². The Labute approximate surface area is 286 Å². The first-order valence-corrected chi connectivity index (χ1v) is 16.7. The number of aromatic nitrogens is 4. The number of carbonyl (C=O) groups excluding carboxylic acids is 1. The standard InChI is InChI=1S/C39H40N6O4/c1-39(2,3)49-38(46)44-19-7-10-32(44)31-18-14-26(22-41-31)35-37-33(45(43-35)23-24-11-15-27(47-4)16-12-24)20-34(48-5)36(42-37)30-9-6-8-28-25(21-40)13-17-29(28)30/h6,8-9,11-12,14-16,18,20,22,25,32H,7,10,13,17,19,23H2,1-5H3. The molecule has 2 aromatic carbocycles. The molecule has 0 saturated carbocycles. The predicted molar refractivity (Wildman–Crippen MR) is 186 cm³/mol. The van der Waals surface area contributed by atoms with Gasteiger partial charge in [-0.1, -0.05) is 30.3 Å². The second kappa shape index (κ2) is 12.9. The number of pyridine rings is 2. The van der Waals surface area contributed by atoms with Crippen molar-refractivity contribution in [2.75, 3.05) is 20.8 Å². The van der Waals surface area contributed by atoms with Crippen LogP contribution >= 0.6 is 0 Å². The monoisotopic (exact) mass is 656 g/mol. The molecule has 10 nitrogen and oxygen atoms in total. The largest absolute Gasteiger partial charge is 0.497 e. The average Bonchev–Trinajstić information content (AvgIpc) is 3.85.